The van der Waals surface area contributed by atoms with Crippen LogP contribution in [0, 0.1) is 0 Å². The van der Waals surface area contributed by atoms with Crippen LogP contribution in [0.25, 0.3) is 55.3 Å². The fourth-order valence-corrected chi connectivity index (χ4v) is 9.73. The normalized spacial score (nSPS) is 12.5. The van der Waals surface area contributed by atoms with Crippen LogP contribution >= 0.6 is 0 Å². The van der Waals surface area contributed by atoms with Crippen molar-refractivity contribution in [2.75, 3.05) is 4.90 Å². The van der Waals surface area contributed by atoms with Gasteiger partial charge in [0.15, 0.2) is 0 Å². The van der Waals surface area contributed by atoms with E-state index in [0.717, 1.165) is 17.1 Å². The number of fused-ring (bicyclic) bond motifs is 5. The van der Waals surface area contributed by atoms with Crippen LogP contribution in [-0.2, 0) is 5.41 Å². The molecule has 0 saturated heterocycles. The molecular formula is C59H41N. The lowest BCUT2D eigenvalue weighted by Crippen LogP contribution is -2.29. The fraction of sp³-hybridized carbons (Fsp3) is 0.0169. The Labute approximate surface area is 352 Å². The van der Waals surface area contributed by atoms with Gasteiger partial charge in [0.25, 0.3) is 0 Å². The molecule has 0 atom stereocenters. The maximum atomic E-state index is 2.48. The van der Waals surface area contributed by atoms with Gasteiger partial charge in [-0.25, -0.2) is 0 Å². The third-order valence-corrected chi connectivity index (χ3v) is 12.3. The average molecular weight is 764 g/mol. The molecule has 1 aliphatic rings. The Hall–Kier alpha value is -7.74. The maximum absolute atomic E-state index is 2.48. The summed E-state index contributed by atoms with van der Waals surface area (Å²) in [6, 6.07) is 91.1. The number of benzene rings is 10. The topological polar surface area (TPSA) is 3.24 Å². The lowest BCUT2D eigenvalue weighted by atomic mass is 9.66. The molecule has 0 heterocycles. The van der Waals surface area contributed by atoms with Crippen molar-refractivity contribution in [2.24, 2.45) is 0 Å². The van der Waals surface area contributed by atoms with Crippen molar-refractivity contribution in [2.45, 2.75) is 5.41 Å². The molecule has 10 aromatic rings. The van der Waals surface area contributed by atoms with Gasteiger partial charge in [-0.2, -0.15) is 0 Å². The van der Waals surface area contributed by atoms with Gasteiger partial charge in [-0.05, 0) is 108 Å². The van der Waals surface area contributed by atoms with Crippen LogP contribution in [0.2, 0.25) is 0 Å². The quantitative estimate of drug-likeness (QED) is 0.149. The number of hydrogen-bond donors (Lipinski definition) is 0. The minimum atomic E-state index is -0.599. The summed E-state index contributed by atoms with van der Waals surface area (Å²) in [7, 11) is 0. The number of rotatable bonds is 8. The van der Waals surface area contributed by atoms with Crippen LogP contribution in [0.4, 0.5) is 17.1 Å². The maximum Gasteiger partial charge on any atom is 0.0720 e. The summed E-state index contributed by atoms with van der Waals surface area (Å²) in [6.07, 6.45) is 0. The average Bonchev–Trinajstić information content (AvgIpc) is 3.65. The fourth-order valence-electron chi connectivity index (χ4n) is 9.73. The molecule has 0 spiro atoms. The van der Waals surface area contributed by atoms with E-state index in [1.54, 1.807) is 0 Å². The van der Waals surface area contributed by atoms with Gasteiger partial charge in [-0.1, -0.05) is 212 Å². The standard InChI is InChI=1S/C59H41N/c1-6-19-42(20-7-1)44-33-37-49(38-34-44)60(50-39-35-45(36-40-50)43-21-8-2-9-22-43)56-32-18-31-55-57(56)54-41-53(46-23-10-3-11-24-46)51-29-16-17-30-52(51)58(54)59(55,47-25-12-4-13-26-47)48-27-14-5-15-28-48/h1-41H. The summed E-state index contributed by atoms with van der Waals surface area (Å²) in [6.45, 7) is 0. The molecule has 60 heavy (non-hydrogen) atoms. The summed E-state index contributed by atoms with van der Waals surface area (Å²) in [4.78, 5) is 2.47. The third kappa shape index (κ3) is 5.78. The first kappa shape index (κ1) is 35.4. The van der Waals surface area contributed by atoms with Gasteiger partial charge < -0.3 is 4.90 Å². The number of nitrogens with zero attached hydrogens (tertiary/aromatic N) is 1. The van der Waals surface area contributed by atoms with E-state index in [0.29, 0.717) is 0 Å². The molecule has 1 aliphatic carbocycles. The Balaban J connectivity index is 1.24. The van der Waals surface area contributed by atoms with Crippen LogP contribution in [-0.4, -0.2) is 0 Å². The summed E-state index contributed by atoms with van der Waals surface area (Å²) < 4.78 is 0. The molecule has 0 aromatic heterocycles. The zero-order chi connectivity index (χ0) is 39.9. The van der Waals surface area contributed by atoms with E-state index in [4.69, 9.17) is 0 Å². The molecule has 10 aromatic carbocycles. The van der Waals surface area contributed by atoms with Crippen LogP contribution < -0.4 is 4.90 Å². The Bertz CT molecular complexity index is 2960. The monoisotopic (exact) mass is 763 g/mol. The second-order valence-corrected chi connectivity index (χ2v) is 15.6. The van der Waals surface area contributed by atoms with E-state index in [1.807, 2.05) is 0 Å². The highest BCUT2D eigenvalue weighted by atomic mass is 15.1. The molecule has 1 heteroatoms. The Morgan fingerprint density at radius 3 is 1.22 bits per heavy atom. The van der Waals surface area contributed by atoms with Gasteiger partial charge in [0.1, 0.15) is 0 Å². The molecule has 0 fully saturated rings. The molecule has 0 amide bonds. The highest BCUT2D eigenvalue weighted by Crippen LogP contribution is 2.62. The lowest BCUT2D eigenvalue weighted by molar-refractivity contribution is 0.775. The predicted molar refractivity (Wildman–Crippen MR) is 252 cm³/mol. The molecule has 282 valence electrons. The largest absolute Gasteiger partial charge is 0.310 e. The second kappa shape index (κ2) is 14.9. The molecule has 0 bridgehead atoms. The van der Waals surface area contributed by atoms with Crippen molar-refractivity contribution >= 4 is 27.8 Å². The van der Waals surface area contributed by atoms with E-state index in [9.17, 15) is 0 Å². The first-order valence-corrected chi connectivity index (χ1v) is 20.8. The van der Waals surface area contributed by atoms with E-state index < -0.39 is 5.41 Å². The molecule has 1 nitrogen and oxygen atoms in total. The first-order chi connectivity index (χ1) is 29.8. The van der Waals surface area contributed by atoms with Crippen LogP contribution in [0.15, 0.2) is 249 Å². The smallest absolute Gasteiger partial charge is 0.0720 e. The third-order valence-electron chi connectivity index (χ3n) is 12.3. The van der Waals surface area contributed by atoms with Gasteiger partial charge in [0, 0.05) is 16.9 Å². The van der Waals surface area contributed by atoms with Gasteiger partial charge in [-0.3, -0.25) is 0 Å². The van der Waals surface area contributed by atoms with Gasteiger partial charge in [-0.15, -0.1) is 0 Å². The van der Waals surface area contributed by atoms with Gasteiger partial charge in [0.05, 0.1) is 11.1 Å². The molecular weight excluding hydrogens is 723 g/mol. The Morgan fingerprint density at radius 2 is 0.717 bits per heavy atom. The van der Waals surface area contributed by atoms with Crippen molar-refractivity contribution < 1.29 is 0 Å². The molecule has 0 aliphatic heterocycles. The summed E-state index contributed by atoms with van der Waals surface area (Å²) in [5.74, 6) is 0. The zero-order valence-electron chi connectivity index (χ0n) is 33.1. The van der Waals surface area contributed by atoms with Gasteiger partial charge in [0.2, 0.25) is 0 Å². The van der Waals surface area contributed by atoms with Crippen molar-refractivity contribution in [1.29, 1.82) is 0 Å². The summed E-state index contributed by atoms with van der Waals surface area (Å²) in [5.41, 5.74) is 17.5. The molecule has 11 rings (SSSR count). The summed E-state index contributed by atoms with van der Waals surface area (Å²) >= 11 is 0. The van der Waals surface area contributed by atoms with Crippen LogP contribution in [0.5, 0.6) is 0 Å². The van der Waals surface area contributed by atoms with E-state index >= 15 is 0 Å². The van der Waals surface area contributed by atoms with Gasteiger partial charge >= 0.3 is 0 Å². The summed E-state index contributed by atoms with van der Waals surface area (Å²) in [5, 5.41) is 2.51. The van der Waals surface area contributed by atoms with Crippen molar-refractivity contribution in [3.8, 4) is 44.5 Å². The highest BCUT2D eigenvalue weighted by molar-refractivity contribution is 6.10. The zero-order valence-corrected chi connectivity index (χ0v) is 33.1. The molecule has 0 saturated carbocycles. The van der Waals surface area contributed by atoms with Crippen molar-refractivity contribution in [3.05, 3.63) is 271 Å². The number of anilines is 3. The number of hydrogen-bond acceptors (Lipinski definition) is 1. The van der Waals surface area contributed by atoms with E-state index in [-0.39, 0.29) is 0 Å². The minimum absolute atomic E-state index is 0.599. The first-order valence-electron chi connectivity index (χ1n) is 20.8. The Kier molecular flexibility index (Phi) is 8.79. The van der Waals surface area contributed by atoms with Crippen molar-refractivity contribution in [3.63, 3.8) is 0 Å². The molecule has 0 N–H and O–H groups in total. The van der Waals surface area contributed by atoms with Crippen molar-refractivity contribution in [1.82, 2.24) is 0 Å². The lowest BCUT2D eigenvalue weighted by Gasteiger charge is -2.35. The molecule has 0 radical (unpaired) electrons. The van der Waals surface area contributed by atoms with E-state index in [1.165, 1.54) is 77.5 Å². The SMILES string of the molecule is c1ccc(-c2ccc(N(c3ccc(-c4ccccc4)cc3)c3cccc4c3-c3cc(-c5ccccc5)c5ccccc5c3C4(c3ccccc3)c3ccccc3)cc2)cc1. The molecule has 0 unspecified atom stereocenters. The highest BCUT2D eigenvalue weighted by Gasteiger charge is 2.48. The minimum Gasteiger partial charge on any atom is -0.310 e. The second-order valence-electron chi connectivity index (χ2n) is 15.6. The predicted octanol–water partition coefficient (Wildman–Crippen LogP) is 15.7. The van der Waals surface area contributed by atoms with E-state index in [2.05, 4.69) is 254 Å². The Morgan fingerprint density at radius 1 is 0.300 bits per heavy atom. The van der Waals surface area contributed by atoms with Crippen LogP contribution in [0.3, 0.4) is 0 Å². The van der Waals surface area contributed by atoms with Crippen LogP contribution in [0.1, 0.15) is 22.3 Å².